The number of thioether (sulfide) groups is 1. The van der Waals surface area contributed by atoms with Gasteiger partial charge in [0, 0.05) is 17.2 Å². The van der Waals surface area contributed by atoms with Crippen LogP contribution < -0.4 is 15.4 Å². The molecule has 5 nitrogen and oxygen atoms in total. The van der Waals surface area contributed by atoms with Crippen LogP contribution in [0, 0.1) is 0 Å². The maximum Gasteiger partial charge on any atom is 0.264 e. The number of primary amides is 1. The summed E-state index contributed by atoms with van der Waals surface area (Å²) in [6.07, 6.45) is 0. The van der Waals surface area contributed by atoms with Gasteiger partial charge in [-0.2, -0.15) is 0 Å². The van der Waals surface area contributed by atoms with Gasteiger partial charge in [0.05, 0.1) is 11.3 Å². The lowest BCUT2D eigenvalue weighted by Gasteiger charge is -2.28. The van der Waals surface area contributed by atoms with Crippen LogP contribution >= 0.6 is 11.8 Å². The molecule has 1 aliphatic rings. The van der Waals surface area contributed by atoms with Crippen LogP contribution in [0.3, 0.4) is 0 Å². The van der Waals surface area contributed by atoms with E-state index in [-0.39, 0.29) is 18.1 Å². The van der Waals surface area contributed by atoms with Crippen molar-refractivity contribution in [3.8, 4) is 5.75 Å². The maximum atomic E-state index is 12.5. The van der Waals surface area contributed by atoms with E-state index in [0.717, 1.165) is 16.3 Å². The molecule has 0 fully saturated rings. The number of hydrogen-bond donors (Lipinski definition) is 1. The second-order valence-electron chi connectivity index (χ2n) is 5.01. The summed E-state index contributed by atoms with van der Waals surface area (Å²) in [7, 11) is 0. The van der Waals surface area contributed by atoms with Crippen LogP contribution in [0.5, 0.6) is 5.75 Å². The van der Waals surface area contributed by atoms with Gasteiger partial charge in [0.2, 0.25) is 0 Å². The lowest BCUT2D eigenvalue weighted by Crippen LogP contribution is -2.38. The number of ether oxygens (including phenoxy) is 1. The molecule has 0 unspecified atom stereocenters. The quantitative estimate of drug-likeness (QED) is 0.935. The highest BCUT2D eigenvalue weighted by Crippen LogP contribution is 2.34. The molecule has 0 aliphatic carbocycles. The molecule has 1 heterocycles. The Morgan fingerprint density at radius 1 is 1.13 bits per heavy atom. The predicted octanol–water partition coefficient (Wildman–Crippen LogP) is 2.30. The Morgan fingerprint density at radius 3 is 2.70 bits per heavy atom. The fraction of sp³-hybridized carbons (Fsp3) is 0.176. The molecule has 2 N–H and O–H groups in total. The molecule has 2 aromatic carbocycles. The van der Waals surface area contributed by atoms with Crippen molar-refractivity contribution in [2.75, 3.05) is 23.8 Å². The zero-order valence-corrected chi connectivity index (χ0v) is 13.2. The van der Waals surface area contributed by atoms with Crippen LogP contribution in [0.4, 0.5) is 5.69 Å². The van der Waals surface area contributed by atoms with E-state index in [1.807, 2.05) is 24.3 Å². The van der Waals surface area contributed by atoms with E-state index in [9.17, 15) is 9.59 Å². The average molecular weight is 328 g/mol. The number of anilines is 1. The summed E-state index contributed by atoms with van der Waals surface area (Å²) in [6.45, 7) is 0.505. The van der Waals surface area contributed by atoms with Crippen molar-refractivity contribution in [3.05, 3.63) is 54.1 Å². The summed E-state index contributed by atoms with van der Waals surface area (Å²) in [5.41, 5.74) is 6.49. The molecule has 2 aromatic rings. The van der Waals surface area contributed by atoms with Gasteiger partial charge in [0.15, 0.2) is 6.61 Å². The van der Waals surface area contributed by atoms with Gasteiger partial charge in [-0.05, 0) is 24.3 Å². The fourth-order valence-electron chi connectivity index (χ4n) is 2.44. The zero-order valence-electron chi connectivity index (χ0n) is 12.4. The third-order valence-corrected chi connectivity index (χ3v) is 4.58. The largest absolute Gasteiger partial charge is 0.483 e. The van der Waals surface area contributed by atoms with E-state index in [1.165, 1.54) is 0 Å². The number of amides is 2. The first-order valence-electron chi connectivity index (χ1n) is 7.20. The molecule has 23 heavy (non-hydrogen) atoms. The van der Waals surface area contributed by atoms with E-state index < -0.39 is 5.91 Å². The van der Waals surface area contributed by atoms with E-state index >= 15 is 0 Å². The summed E-state index contributed by atoms with van der Waals surface area (Å²) < 4.78 is 5.53. The van der Waals surface area contributed by atoms with Crippen LogP contribution in [-0.2, 0) is 4.79 Å². The number of hydrogen-bond acceptors (Lipinski definition) is 4. The van der Waals surface area contributed by atoms with Crippen LogP contribution in [0.25, 0.3) is 0 Å². The molecule has 0 aromatic heterocycles. The Balaban J connectivity index is 1.73. The highest BCUT2D eigenvalue weighted by molar-refractivity contribution is 7.99. The Hall–Kier alpha value is -2.47. The number of nitrogens with zero attached hydrogens (tertiary/aromatic N) is 1. The third-order valence-electron chi connectivity index (χ3n) is 3.53. The molecule has 6 heteroatoms. The van der Waals surface area contributed by atoms with Crippen molar-refractivity contribution in [3.63, 3.8) is 0 Å². The Bertz CT molecular complexity index is 748. The lowest BCUT2D eigenvalue weighted by atomic mass is 10.2. The van der Waals surface area contributed by atoms with Gasteiger partial charge in [-0.3, -0.25) is 9.59 Å². The van der Waals surface area contributed by atoms with Gasteiger partial charge in [0.1, 0.15) is 5.75 Å². The first-order valence-corrected chi connectivity index (χ1v) is 8.19. The minimum Gasteiger partial charge on any atom is -0.483 e. The summed E-state index contributed by atoms with van der Waals surface area (Å²) in [5.74, 6) is 0.457. The van der Waals surface area contributed by atoms with E-state index in [1.54, 1.807) is 40.9 Å². The van der Waals surface area contributed by atoms with Gasteiger partial charge in [-0.1, -0.05) is 24.3 Å². The minimum absolute atomic E-state index is 0.136. The lowest BCUT2D eigenvalue weighted by molar-refractivity contribution is -0.120. The molecule has 0 radical (unpaired) electrons. The summed E-state index contributed by atoms with van der Waals surface area (Å²) in [4.78, 5) is 26.7. The van der Waals surface area contributed by atoms with E-state index in [2.05, 4.69) is 0 Å². The second-order valence-corrected chi connectivity index (χ2v) is 6.15. The first-order chi connectivity index (χ1) is 11.2. The van der Waals surface area contributed by atoms with Crippen molar-refractivity contribution < 1.29 is 14.3 Å². The number of nitrogens with two attached hydrogens (primary N) is 1. The van der Waals surface area contributed by atoms with Crippen LogP contribution in [0.1, 0.15) is 10.4 Å². The number of carbonyl (C=O) groups is 2. The highest BCUT2D eigenvalue weighted by Gasteiger charge is 2.23. The highest BCUT2D eigenvalue weighted by atomic mass is 32.2. The van der Waals surface area contributed by atoms with Crippen molar-refractivity contribution in [1.82, 2.24) is 0 Å². The first kappa shape index (κ1) is 15.4. The molecule has 2 amide bonds. The second kappa shape index (κ2) is 6.75. The molecule has 0 saturated heterocycles. The Kier molecular flexibility index (Phi) is 4.52. The topological polar surface area (TPSA) is 72.6 Å². The van der Waals surface area contributed by atoms with Crippen LogP contribution in [0.2, 0.25) is 0 Å². The van der Waals surface area contributed by atoms with Crippen LogP contribution in [-0.4, -0.2) is 30.7 Å². The number of rotatable bonds is 4. The third kappa shape index (κ3) is 3.32. The minimum atomic E-state index is -0.576. The molecular weight excluding hydrogens is 312 g/mol. The molecule has 0 saturated carbocycles. The van der Waals surface area contributed by atoms with E-state index in [0.29, 0.717) is 12.3 Å². The van der Waals surface area contributed by atoms with Gasteiger partial charge in [0.25, 0.3) is 11.8 Å². The number of fused-ring (bicyclic) bond motifs is 1. The standard InChI is InChI=1S/C17H16N2O3S/c18-17(21)12-5-1-3-7-14(12)22-11-16(20)19-9-10-23-15-8-4-2-6-13(15)19/h1-8H,9-11H2,(H2,18,21). The normalized spacial score (nSPS) is 13.3. The monoisotopic (exact) mass is 328 g/mol. The van der Waals surface area contributed by atoms with Gasteiger partial charge >= 0.3 is 0 Å². The molecular formula is C17H16N2O3S. The number of benzene rings is 2. The molecule has 1 aliphatic heterocycles. The van der Waals surface area contributed by atoms with Gasteiger partial charge in [-0.25, -0.2) is 0 Å². The van der Waals surface area contributed by atoms with Crippen molar-refractivity contribution in [2.45, 2.75) is 4.90 Å². The van der Waals surface area contributed by atoms with E-state index in [4.69, 9.17) is 10.5 Å². The number of para-hydroxylation sites is 2. The smallest absolute Gasteiger partial charge is 0.264 e. The zero-order chi connectivity index (χ0) is 16.2. The fourth-order valence-corrected chi connectivity index (χ4v) is 3.44. The molecule has 3 rings (SSSR count). The summed E-state index contributed by atoms with van der Waals surface area (Å²) in [5, 5.41) is 0. The van der Waals surface area contributed by atoms with Crippen molar-refractivity contribution in [2.24, 2.45) is 5.73 Å². The summed E-state index contributed by atoms with van der Waals surface area (Å²) in [6, 6.07) is 14.4. The van der Waals surface area contributed by atoms with Crippen LogP contribution in [0.15, 0.2) is 53.4 Å². The van der Waals surface area contributed by atoms with Crippen molar-refractivity contribution in [1.29, 1.82) is 0 Å². The molecule has 0 spiro atoms. The predicted molar refractivity (Wildman–Crippen MR) is 90.0 cm³/mol. The molecule has 118 valence electrons. The maximum absolute atomic E-state index is 12.5. The Labute approximate surface area is 138 Å². The molecule has 0 bridgehead atoms. The van der Waals surface area contributed by atoms with Gasteiger partial charge in [-0.15, -0.1) is 11.8 Å². The van der Waals surface area contributed by atoms with Gasteiger partial charge < -0.3 is 15.4 Å². The summed E-state index contributed by atoms with van der Waals surface area (Å²) >= 11 is 1.73. The SMILES string of the molecule is NC(=O)c1ccccc1OCC(=O)N1CCSc2ccccc21. The molecule has 0 atom stereocenters. The average Bonchev–Trinajstić information content (AvgIpc) is 2.59. The van der Waals surface area contributed by atoms with Crippen molar-refractivity contribution >= 4 is 29.3 Å². The Morgan fingerprint density at radius 2 is 1.87 bits per heavy atom. The number of carbonyl (C=O) groups excluding carboxylic acids is 2.